The van der Waals surface area contributed by atoms with Crippen LogP contribution in [0.2, 0.25) is 0 Å². The van der Waals surface area contributed by atoms with Gasteiger partial charge in [0.1, 0.15) is 0 Å². The first kappa shape index (κ1) is 15.7. The lowest BCUT2D eigenvalue weighted by molar-refractivity contribution is -0.139. The highest BCUT2D eigenvalue weighted by atomic mass is 16.4. The van der Waals surface area contributed by atoms with Crippen molar-refractivity contribution in [1.29, 1.82) is 0 Å². The summed E-state index contributed by atoms with van der Waals surface area (Å²) in [5, 5.41) is 17.7. The molecule has 0 saturated heterocycles. The van der Waals surface area contributed by atoms with Crippen LogP contribution >= 0.6 is 0 Å². The maximum absolute atomic E-state index is 10.3. The average Bonchev–Trinajstić information content (AvgIpc) is 2.26. The van der Waals surface area contributed by atoms with E-state index < -0.39 is 12.1 Å². The summed E-state index contributed by atoms with van der Waals surface area (Å²) in [5.74, 6) is -0.966. The Balaban J connectivity index is 3.57. The molecule has 0 heterocycles. The predicted molar refractivity (Wildman–Crippen MR) is 69.8 cm³/mol. The number of unbranched alkanes of at least 4 members (excludes halogenated alkanes) is 1. The fraction of sp³-hybridized carbons (Fsp3) is 0.500. The van der Waals surface area contributed by atoms with Crippen LogP contribution in [0.5, 0.6) is 0 Å². The van der Waals surface area contributed by atoms with Crippen molar-refractivity contribution in [3.05, 3.63) is 36.5 Å². The Hall–Kier alpha value is -1.35. The third-order valence-electron chi connectivity index (χ3n) is 2.10. The zero-order chi connectivity index (χ0) is 12.9. The van der Waals surface area contributed by atoms with Gasteiger partial charge < -0.3 is 10.2 Å². The van der Waals surface area contributed by atoms with Gasteiger partial charge in [0.05, 0.1) is 12.5 Å². The molecule has 0 aromatic carbocycles. The number of hydrogen-bond donors (Lipinski definition) is 2. The highest BCUT2D eigenvalue weighted by Gasteiger charge is 2.06. The number of aliphatic hydroxyl groups excluding tert-OH is 1. The first-order valence-electron chi connectivity index (χ1n) is 6.03. The topological polar surface area (TPSA) is 57.5 Å². The van der Waals surface area contributed by atoms with Crippen molar-refractivity contribution in [3.63, 3.8) is 0 Å². The van der Waals surface area contributed by atoms with Crippen molar-refractivity contribution >= 4 is 5.97 Å². The van der Waals surface area contributed by atoms with Gasteiger partial charge >= 0.3 is 5.97 Å². The standard InChI is InChI=1S/C14H22O3/c1-2-3-4-5-6-7-8-9-10-11-13(15)12-14(16)17/h4-7,9-10,13,15H,2-3,8,11-12H2,1H3,(H,16,17)/b5-4+,7-6+,10-9+/t13-/m1/s1. The molecule has 0 saturated carbocycles. The van der Waals surface area contributed by atoms with Crippen molar-refractivity contribution in [3.8, 4) is 0 Å². The summed E-state index contributed by atoms with van der Waals surface area (Å²) in [5.41, 5.74) is 0. The molecule has 0 bridgehead atoms. The minimum Gasteiger partial charge on any atom is -0.481 e. The molecule has 17 heavy (non-hydrogen) atoms. The summed E-state index contributed by atoms with van der Waals surface area (Å²) in [7, 11) is 0. The van der Waals surface area contributed by atoms with E-state index in [9.17, 15) is 9.90 Å². The van der Waals surface area contributed by atoms with E-state index in [-0.39, 0.29) is 6.42 Å². The summed E-state index contributed by atoms with van der Waals surface area (Å²) in [4.78, 5) is 10.3. The van der Waals surface area contributed by atoms with Gasteiger partial charge in [0.15, 0.2) is 0 Å². The minimum atomic E-state index is -0.966. The van der Waals surface area contributed by atoms with Crippen LogP contribution in [0.25, 0.3) is 0 Å². The quantitative estimate of drug-likeness (QED) is 0.479. The number of aliphatic carboxylic acids is 1. The molecule has 0 aromatic rings. The van der Waals surface area contributed by atoms with Gasteiger partial charge in [-0.05, 0) is 19.3 Å². The number of carboxylic acids is 1. The number of aliphatic hydroxyl groups is 1. The average molecular weight is 238 g/mol. The van der Waals surface area contributed by atoms with E-state index in [1.165, 1.54) is 0 Å². The Morgan fingerprint density at radius 2 is 1.88 bits per heavy atom. The van der Waals surface area contributed by atoms with E-state index in [2.05, 4.69) is 13.0 Å². The SMILES string of the molecule is CCC/C=C/C=C/C/C=C/C[C@@H](O)CC(=O)O. The van der Waals surface area contributed by atoms with Crippen molar-refractivity contribution < 1.29 is 15.0 Å². The maximum atomic E-state index is 10.3. The smallest absolute Gasteiger partial charge is 0.305 e. The van der Waals surface area contributed by atoms with Gasteiger partial charge in [-0.2, -0.15) is 0 Å². The third kappa shape index (κ3) is 12.6. The lowest BCUT2D eigenvalue weighted by Gasteiger charge is -2.02. The first-order chi connectivity index (χ1) is 8.16. The molecule has 0 fully saturated rings. The molecule has 96 valence electrons. The van der Waals surface area contributed by atoms with Crippen LogP contribution in [0.4, 0.5) is 0 Å². The number of rotatable bonds is 9. The third-order valence-corrected chi connectivity index (χ3v) is 2.10. The molecule has 1 atom stereocenters. The Bertz CT molecular complexity index is 277. The molecule has 0 spiro atoms. The van der Waals surface area contributed by atoms with E-state index in [0.717, 1.165) is 19.3 Å². The molecule has 0 aliphatic carbocycles. The van der Waals surface area contributed by atoms with E-state index in [1.54, 1.807) is 0 Å². The van der Waals surface area contributed by atoms with Crippen LogP contribution in [0.3, 0.4) is 0 Å². The zero-order valence-corrected chi connectivity index (χ0v) is 10.4. The van der Waals surface area contributed by atoms with Gasteiger partial charge in [-0.25, -0.2) is 0 Å². The fourth-order valence-electron chi connectivity index (χ4n) is 1.21. The molecule has 0 radical (unpaired) electrons. The molecule has 0 rings (SSSR count). The Kier molecular flexibility index (Phi) is 10.3. The van der Waals surface area contributed by atoms with E-state index >= 15 is 0 Å². The summed E-state index contributed by atoms with van der Waals surface area (Å²) in [6.45, 7) is 2.14. The lowest BCUT2D eigenvalue weighted by Crippen LogP contribution is -2.11. The van der Waals surface area contributed by atoms with E-state index in [1.807, 2.05) is 30.4 Å². The number of allylic oxidation sites excluding steroid dienone is 5. The normalized spacial score (nSPS) is 14.0. The molecule has 0 aliphatic heterocycles. The molecule has 0 aliphatic rings. The van der Waals surface area contributed by atoms with Gasteiger partial charge in [-0.1, -0.05) is 49.8 Å². The van der Waals surface area contributed by atoms with E-state index in [0.29, 0.717) is 6.42 Å². The fourth-order valence-corrected chi connectivity index (χ4v) is 1.21. The second-order valence-corrected chi connectivity index (χ2v) is 3.84. The van der Waals surface area contributed by atoms with Gasteiger partial charge in [-0.15, -0.1) is 0 Å². The van der Waals surface area contributed by atoms with Crippen molar-refractivity contribution in [1.82, 2.24) is 0 Å². The summed E-state index contributed by atoms with van der Waals surface area (Å²) < 4.78 is 0. The highest BCUT2D eigenvalue weighted by molar-refractivity contribution is 5.67. The van der Waals surface area contributed by atoms with Gasteiger partial charge in [0.2, 0.25) is 0 Å². The second-order valence-electron chi connectivity index (χ2n) is 3.84. The van der Waals surface area contributed by atoms with Crippen LogP contribution in [0.1, 0.15) is 39.0 Å². The van der Waals surface area contributed by atoms with E-state index in [4.69, 9.17) is 5.11 Å². The maximum Gasteiger partial charge on any atom is 0.305 e. The summed E-state index contributed by atoms with van der Waals surface area (Å²) >= 11 is 0. The molecule has 2 N–H and O–H groups in total. The van der Waals surface area contributed by atoms with Gasteiger partial charge in [0, 0.05) is 0 Å². The molecular formula is C14H22O3. The summed E-state index contributed by atoms with van der Waals surface area (Å²) in [6.07, 6.45) is 14.4. The highest BCUT2D eigenvalue weighted by Crippen LogP contribution is 2.00. The second kappa shape index (κ2) is 11.1. The largest absolute Gasteiger partial charge is 0.481 e. The zero-order valence-electron chi connectivity index (χ0n) is 10.4. The molecule has 0 amide bonds. The van der Waals surface area contributed by atoms with Gasteiger partial charge in [-0.3, -0.25) is 4.79 Å². The Labute approximate surface area is 103 Å². The lowest BCUT2D eigenvalue weighted by atomic mass is 10.1. The predicted octanol–water partition coefficient (Wildman–Crippen LogP) is 3.07. The first-order valence-corrected chi connectivity index (χ1v) is 6.03. The summed E-state index contributed by atoms with van der Waals surface area (Å²) in [6, 6.07) is 0. The Morgan fingerprint density at radius 1 is 1.18 bits per heavy atom. The minimum absolute atomic E-state index is 0.195. The molecule has 3 heteroatoms. The van der Waals surface area contributed by atoms with Crippen molar-refractivity contribution in [2.75, 3.05) is 0 Å². The van der Waals surface area contributed by atoms with Crippen LogP contribution in [-0.4, -0.2) is 22.3 Å². The Morgan fingerprint density at radius 3 is 2.53 bits per heavy atom. The molecule has 0 unspecified atom stereocenters. The number of carboxylic acid groups (broad SMARTS) is 1. The van der Waals surface area contributed by atoms with Crippen LogP contribution < -0.4 is 0 Å². The monoisotopic (exact) mass is 238 g/mol. The molecular weight excluding hydrogens is 216 g/mol. The molecule has 0 aromatic heterocycles. The van der Waals surface area contributed by atoms with Crippen LogP contribution in [0, 0.1) is 0 Å². The number of carbonyl (C=O) groups is 1. The van der Waals surface area contributed by atoms with Crippen molar-refractivity contribution in [2.24, 2.45) is 0 Å². The van der Waals surface area contributed by atoms with Crippen LogP contribution in [-0.2, 0) is 4.79 Å². The van der Waals surface area contributed by atoms with Crippen LogP contribution in [0.15, 0.2) is 36.5 Å². The van der Waals surface area contributed by atoms with Crippen molar-refractivity contribution in [2.45, 2.75) is 45.1 Å². The molecule has 3 nitrogen and oxygen atoms in total. The number of hydrogen-bond acceptors (Lipinski definition) is 2. The van der Waals surface area contributed by atoms with Gasteiger partial charge in [0.25, 0.3) is 0 Å².